The molecule has 0 amide bonds. The van der Waals surface area contributed by atoms with Crippen LogP contribution in [-0.4, -0.2) is 37.2 Å². The van der Waals surface area contributed by atoms with Gasteiger partial charge in [0.25, 0.3) is 0 Å². The Labute approximate surface area is 502 Å². The fourth-order valence-corrected chi connectivity index (χ4v) is 9.86. The first-order valence-electron chi connectivity index (χ1n) is 34.7. The Kier molecular flexibility index (Phi) is 65.7. The minimum atomic E-state index is -0.797. The number of unbranched alkanes of at least 4 members (excludes halogenated alkanes) is 36. The zero-order valence-corrected chi connectivity index (χ0v) is 53.5. The lowest BCUT2D eigenvalue weighted by molar-refractivity contribution is -0.167. The average molecular weight is 1130 g/mol. The summed E-state index contributed by atoms with van der Waals surface area (Å²) in [5.41, 5.74) is 0. The van der Waals surface area contributed by atoms with E-state index in [-0.39, 0.29) is 31.1 Å². The van der Waals surface area contributed by atoms with Crippen LogP contribution in [0.2, 0.25) is 0 Å². The quantitative estimate of drug-likeness (QED) is 0.0261. The van der Waals surface area contributed by atoms with Crippen LogP contribution in [0.4, 0.5) is 0 Å². The molecule has 0 aromatic heterocycles. The normalized spacial score (nSPS) is 12.7. The molecule has 0 aliphatic carbocycles. The van der Waals surface area contributed by atoms with E-state index in [1.165, 1.54) is 167 Å². The fraction of sp³-hybridized carbons (Fsp3) is 0.747. The van der Waals surface area contributed by atoms with Crippen LogP contribution in [0, 0.1) is 0 Å². The van der Waals surface area contributed by atoms with Crippen LogP contribution in [0.1, 0.15) is 342 Å². The summed E-state index contributed by atoms with van der Waals surface area (Å²) < 4.78 is 16.9. The summed E-state index contributed by atoms with van der Waals surface area (Å²) in [6.45, 7) is 6.45. The van der Waals surface area contributed by atoms with E-state index in [0.29, 0.717) is 19.3 Å². The highest BCUT2D eigenvalue weighted by Crippen LogP contribution is 2.17. The van der Waals surface area contributed by atoms with Gasteiger partial charge in [0.2, 0.25) is 0 Å². The molecule has 0 N–H and O–H groups in total. The highest BCUT2D eigenvalue weighted by Gasteiger charge is 2.19. The van der Waals surface area contributed by atoms with E-state index in [1.807, 2.05) is 0 Å². The molecule has 0 spiro atoms. The van der Waals surface area contributed by atoms with Crippen molar-refractivity contribution in [3.05, 3.63) is 97.2 Å². The van der Waals surface area contributed by atoms with Crippen molar-refractivity contribution in [2.75, 3.05) is 13.2 Å². The van der Waals surface area contributed by atoms with Crippen LogP contribution in [0.5, 0.6) is 0 Å². The predicted octanol–water partition coefficient (Wildman–Crippen LogP) is 24.0. The summed E-state index contributed by atoms with van der Waals surface area (Å²) in [4.78, 5) is 38.3. The second-order valence-electron chi connectivity index (χ2n) is 23.1. The van der Waals surface area contributed by atoms with E-state index in [0.717, 1.165) is 135 Å². The Morgan fingerprint density at radius 1 is 0.259 bits per heavy atom. The third-order valence-corrected chi connectivity index (χ3v) is 15.0. The molecule has 0 aromatic rings. The first-order valence-corrected chi connectivity index (χ1v) is 34.7. The molecule has 6 nitrogen and oxygen atoms in total. The first kappa shape index (κ1) is 77.3. The topological polar surface area (TPSA) is 78.9 Å². The van der Waals surface area contributed by atoms with Crippen molar-refractivity contribution in [3.63, 3.8) is 0 Å². The maximum atomic E-state index is 12.9. The molecule has 0 radical (unpaired) electrons. The molecular formula is C75H130O6. The number of carbonyl (C=O) groups is 3. The number of rotatable bonds is 63. The van der Waals surface area contributed by atoms with Crippen molar-refractivity contribution < 1.29 is 28.6 Å². The third-order valence-electron chi connectivity index (χ3n) is 15.0. The van der Waals surface area contributed by atoms with Crippen LogP contribution in [-0.2, 0) is 28.6 Å². The van der Waals surface area contributed by atoms with Gasteiger partial charge in [-0.25, -0.2) is 0 Å². The SMILES string of the molecule is CC/C=C\C/C=C\C/C=C\C/C=C\CCCCCCC(=O)OC(COC(=O)CCCCCCC/C=C\C/C=C\CCC)COC(=O)CCCCCCCCCCCCCCCCCCCCCCC/C=C\C/C=C\CCCCCCC. The minimum absolute atomic E-state index is 0.0899. The number of ether oxygens (including phenoxy) is 3. The molecule has 0 aliphatic heterocycles. The van der Waals surface area contributed by atoms with E-state index in [9.17, 15) is 14.4 Å². The van der Waals surface area contributed by atoms with E-state index >= 15 is 0 Å². The van der Waals surface area contributed by atoms with E-state index in [1.54, 1.807) is 0 Å². The Balaban J connectivity index is 4.17. The van der Waals surface area contributed by atoms with Gasteiger partial charge in [0, 0.05) is 19.3 Å². The number of carbonyl (C=O) groups excluding carboxylic acids is 3. The summed E-state index contributed by atoms with van der Waals surface area (Å²) in [7, 11) is 0. The van der Waals surface area contributed by atoms with Gasteiger partial charge in [-0.1, -0.05) is 304 Å². The monoisotopic (exact) mass is 1130 g/mol. The zero-order chi connectivity index (χ0) is 58.5. The summed E-state index contributed by atoms with van der Waals surface area (Å²) in [6, 6.07) is 0. The van der Waals surface area contributed by atoms with Gasteiger partial charge in [0.05, 0.1) is 0 Å². The second kappa shape index (κ2) is 68.8. The molecule has 0 aromatic carbocycles. The van der Waals surface area contributed by atoms with E-state index in [2.05, 4.69) is 118 Å². The van der Waals surface area contributed by atoms with Crippen LogP contribution < -0.4 is 0 Å². The predicted molar refractivity (Wildman–Crippen MR) is 353 cm³/mol. The van der Waals surface area contributed by atoms with Crippen LogP contribution in [0.3, 0.4) is 0 Å². The number of hydrogen-bond donors (Lipinski definition) is 0. The Bertz CT molecular complexity index is 1580. The Morgan fingerprint density at radius 2 is 0.506 bits per heavy atom. The summed E-state index contributed by atoms with van der Waals surface area (Å²) >= 11 is 0. The Morgan fingerprint density at radius 3 is 0.802 bits per heavy atom. The number of allylic oxidation sites excluding steroid dienone is 16. The van der Waals surface area contributed by atoms with Crippen molar-refractivity contribution >= 4 is 17.9 Å². The fourth-order valence-electron chi connectivity index (χ4n) is 9.86. The molecule has 0 saturated heterocycles. The number of hydrogen-bond acceptors (Lipinski definition) is 6. The lowest BCUT2D eigenvalue weighted by atomic mass is 10.0. The molecule has 0 aliphatic rings. The smallest absolute Gasteiger partial charge is 0.306 e. The van der Waals surface area contributed by atoms with Crippen molar-refractivity contribution in [1.29, 1.82) is 0 Å². The molecule has 1 unspecified atom stereocenters. The maximum absolute atomic E-state index is 12.9. The first-order chi connectivity index (χ1) is 40.0. The molecular weight excluding hydrogens is 997 g/mol. The number of esters is 3. The lowest BCUT2D eigenvalue weighted by Gasteiger charge is -2.18. The lowest BCUT2D eigenvalue weighted by Crippen LogP contribution is -2.30. The highest BCUT2D eigenvalue weighted by atomic mass is 16.6. The van der Waals surface area contributed by atoms with Gasteiger partial charge in [-0.3, -0.25) is 14.4 Å². The maximum Gasteiger partial charge on any atom is 0.306 e. The minimum Gasteiger partial charge on any atom is -0.462 e. The van der Waals surface area contributed by atoms with Crippen molar-refractivity contribution in [2.24, 2.45) is 0 Å². The van der Waals surface area contributed by atoms with Crippen molar-refractivity contribution in [3.8, 4) is 0 Å². The van der Waals surface area contributed by atoms with Gasteiger partial charge >= 0.3 is 17.9 Å². The molecule has 466 valence electrons. The van der Waals surface area contributed by atoms with Crippen molar-refractivity contribution in [1.82, 2.24) is 0 Å². The van der Waals surface area contributed by atoms with Gasteiger partial charge in [0.1, 0.15) is 13.2 Å². The van der Waals surface area contributed by atoms with Crippen molar-refractivity contribution in [2.45, 2.75) is 348 Å². The Hall–Kier alpha value is -3.67. The average Bonchev–Trinajstić information content (AvgIpc) is 3.46. The van der Waals surface area contributed by atoms with Gasteiger partial charge in [-0.05, 0) is 116 Å². The second-order valence-corrected chi connectivity index (χ2v) is 23.1. The summed E-state index contributed by atoms with van der Waals surface area (Å²) in [5.74, 6) is -0.917. The van der Waals surface area contributed by atoms with Crippen LogP contribution in [0.25, 0.3) is 0 Å². The summed E-state index contributed by atoms with van der Waals surface area (Å²) in [6.07, 6.45) is 93.1. The van der Waals surface area contributed by atoms with Gasteiger partial charge in [-0.15, -0.1) is 0 Å². The highest BCUT2D eigenvalue weighted by molar-refractivity contribution is 5.71. The van der Waals surface area contributed by atoms with E-state index in [4.69, 9.17) is 14.2 Å². The molecule has 0 fully saturated rings. The van der Waals surface area contributed by atoms with Gasteiger partial charge in [0.15, 0.2) is 6.10 Å². The van der Waals surface area contributed by atoms with E-state index < -0.39 is 6.10 Å². The zero-order valence-electron chi connectivity index (χ0n) is 53.5. The summed E-state index contributed by atoms with van der Waals surface area (Å²) in [5, 5.41) is 0. The third kappa shape index (κ3) is 67.0. The standard InChI is InChI=1S/C75H130O6/c1-4-7-10-13-16-19-22-25-27-29-30-31-32-33-34-35-36-37-38-39-40-41-42-43-44-46-47-50-53-56-59-62-65-68-74(77)80-71-72(70-79-73(76)67-64-61-58-55-52-49-24-21-18-15-12-9-6-3)81-75(78)69-66-63-60-57-54-51-48-45-28-26-23-20-17-14-11-8-5-2/h8,11-12,15,17,20-22,24-26,28-30,48,51,72H,4-7,9-10,13-14,16,18-19,23,27,31-47,49-50,52-71H2,1-3H3/b11-8-,15-12-,20-17-,24-21-,25-22-,28-26-,30-29-,51-48-. The van der Waals surface area contributed by atoms with Crippen LogP contribution in [0.15, 0.2) is 97.2 Å². The largest absolute Gasteiger partial charge is 0.462 e. The molecule has 6 heteroatoms. The molecule has 1 atom stereocenters. The van der Waals surface area contributed by atoms with Crippen LogP contribution >= 0.6 is 0 Å². The molecule has 0 saturated carbocycles. The molecule has 0 rings (SSSR count). The molecule has 81 heavy (non-hydrogen) atoms. The molecule has 0 heterocycles. The molecule has 0 bridgehead atoms. The van der Waals surface area contributed by atoms with Gasteiger partial charge < -0.3 is 14.2 Å². The van der Waals surface area contributed by atoms with Gasteiger partial charge in [-0.2, -0.15) is 0 Å².